The zero-order chi connectivity index (χ0) is 12.8. The molecule has 0 aliphatic heterocycles. The van der Waals surface area contributed by atoms with Crippen molar-refractivity contribution < 1.29 is 12.8 Å². The van der Waals surface area contributed by atoms with Crippen molar-refractivity contribution in [3.63, 3.8) is 0 Å². The number of benzene rings is 1. The van der Waals surface area contributed by atoms with Crippen molar-refractivity contribution in [2.24, 2.45) is 11.5 Å². The summed E-state index contributed by atoms with van der Waals surface area (Å²) < 4.78 is 36.0. The monoisotopic (exact) mass is 258 g/mol. The number of sulfone groups is 1. The van der Waals surface area contributed by atoms with Gasteiger partial charge < -0.3 is 11.5 Å². The molecule has 2 rings (SSSR count). The van der Waals surface area contributed by atoms with E-state index in [1.54, 1.807) is 12.1 Å². The second-order valence-electron chi connectivity index (χ2n) is 4.60. The SMILES string of the molecule is CS(=O)(=O)[C@H]1[C@@H](c2ccc(F)cc2)[C@@]1(N)CN. The first-order chi connectivity index (χ1) is 7.80. The molecule has 0 radical (unpaired) electrons. The van der Waals surface area contributed by atoms with Crippen molar-refractivity contribution in [3.05, 3.63) is 35.6 Å². The maximum atomic E-state index is 12.8. The number of halogens is 1. The van der Waals surface area contributed by atoms with E-state index in [4.69, 9.17) is 11.5 Å². The molecule has 3 atom stereocenters. The quantitative estimate of drug-likeness (QED) is 0.798. The molecule has 1 fully saturated rings. The van der Waals surface area contributed by atoms with Gasteiger partial charge >= 0.3 is 0 Å². The Kier molecular flexibility index (Phi) is 2.76. The third kappa shape index (κ3) is 1.96. The van der Waals surface area contributed by atoms with E-state index in [2.05, 4.69) is 0 Å². The standard InChI is InChI=1S/C11H15FN2O2S/c1-17(15,16)10-9(11(10,14)6-13)7-2-4-8(12)5-3-7/h2-5,9-10H,6,13-14H2,1H3/t9-,10+,11+/m1/s1. The van der Waals surface area contributed by atoms with E-state index in [0.29, 0.717) is 0 Å². The zero-order valence-corrected chi connectivity index (χ0v) is 10.2. The predicted molar refractivity (Wildman–Crippen MR) is 63.7 cm³/mol. The van der Waals surface area contributed by atoms with Crippen molar-refractivity contribution >= 4 is 9.84 Å². The van der Waals surface area contributed by atoms with E-state index >= 15 is 0 Å². The number of hydrogen-bond acceptors (Lipinski definition) is 4. The molecular formula is C11H15FN2O2S. The van der Waals surface area contributed by atoms with Gasteiger partial charge in [-0.1, -0.05) is 12.1 Å². The number of rotatable bonds is 3. The van der Waals surface area contributed by atoms with E-state index in [9.17, 15) is 12.8 Å². The molecule has 0 amide bonds. The van der Waals surface area contributed by atoms with Gasteiger partial charge in [-0.2, -0.15) is 0 Å². The summed E-state index contributed by atoms with van der Waals surface area (Å²) in [5, 5.41) is -0.675. The lowest BCUT2D eigenvalue weighted by Crippen LogP contribution is -2.38. The van der Waals surface area contributed by atoms with Gasteiger partial charge in [-0.25, -0.2) is 12.8 Å². The van der Waals surface area contributed by atoms with Crippen LogP contribution in [0, 0.1) is 5.82 Å². The van der Waals surface area contributed by atoms with Crippen molar-refractivity contribution in [1.82, 2.24) is 0 Å². The molecule has 1 saturated carbocycles. The molecule has 1 aliphatic rings. The van der Waals surface area contributed by atoms with Crippen LogP contribution in [0.2, 0.25) is 0 Å². The zero-order valence-electron chi connectivity index (χ0n) is 9.43. The summed E-state index contributed by atoms with van der Waals surface area (Å²) in [5.74, 6) is -0.705. The lowest BCUT2D eigenvalue weighted by molar-refractivity contribution is 0.591. The molecular weight excluding hydrogens is 243 g/mol. The van der Waals surface area contributed by atoms with Crippen molar-refractivity contribution in [1.29, 1.82) is 0 Å². The number of nitrogens with two attached hydrogens (primary N) is 2. The van der Waals surface area contributed by atoms with Gasteiger partial charge in [-0.05, 0) is 17.7 Å². The Hall–Kier alpha value is -0.980. The second-order valence-corrected chi connectivity index (χ2v) is 6.76. The molecule has 6 heteroatoms. The molecule has 1 aromatic rings. The third-order valence-electron chi connectivity index (χ3n) is 3.35. The van der Waals surface area contributed by atoms with Gasteiger partial charge in [0.25, 0.3) is 0 Å². The van der Waals surface area contributed by atoms with Crippen LogP contribution in [0.25, 0.3) is 0 Å². The Bertz CT molecular complexity index is 529. The molecule has 17 heavy (non-hydrogen) atoms. The highest BCUT2D eigenvalue weighted by molar-refractivity contribution is 7.91. The fourth-order valence-corrected chi connectivity index (χ4v) is 4.33. The summed E-state index contributed by atoms with van der Waals surface area (Å²) in [6, 6.07) is 5.71. The molecule has 0 saturated heterocycles. The van der Waals surface area contributed by atoms with Crippen LogP contribution in [0.3, 0.4) is 0 Å². The molecule has 94 valence electrons. The minimum atomic E-state index is -3.26. The normalized spacial score (nSPS) is 32.5. The van der Waals surface area contributed by atoms with Gasteiger partial charge in [0, 0.05) is 18.7 Å². The van der Waals surface area contributed by atoms with Crippen LogP contribution < -0.4 is 11.5 Å². The predicted octanol–water partition coefficient (Wildman–Crippen LogP) is -0.00770. The molecule has 0 heterocycles. The Morgan fingerprint density at radius 2 is 1.88 bits per heavy atom. The molecule has 0 bridgehead atoms. The third-order valence-corrected chi connectivity index (χ3v) is 4.98. The molecule has 1 aliphatic carbocycles. The molecule has 4 N–H and O–H groups in total. The highest BCUT2D eigenvalue weighted by atomic mass is 32.2. The van der Waals surface area contributed by atoms with Crippen molar-refractivity contribution in [2.45, 2.75) is 16.7 Å². The molecule has 0 aromatic heterocycles. The topological polar surface area (TPSA) is 86.2 Å². The average Bonchev–Trinajstić information content (AvgIpc) is 2.87. The van der Waals surface area contributed by atoms with E-state index in [1.165, 1.54) is 12.1 Å². The van der Waals surface area contributed by atoms with Crippen LogP contribution in [0.5, 0.6) is 0 Å². The smallest absolute Gasteiger partial charge is 0.152 e. The highest BCUT2D eigenvalue weighted by Gasteiger charge is 2.67. The summed E-state index contributed by atoms with van der Waals surface area (Å²) in [6.45, 7) is 0.0901. The summed E-state index contributed by atoms with van der Waals surface area (Å²) in [6.07, 6.45) is 1.15. The largest absolute Gasteiger partial charge is 0.329 e. The fourth-order valence-electron chi connectivity index (χ4n) is 2.47. The van der Waals surface area contributed by atoms with Gasteiger partial charge in [0.1, 0.15) is 5.82 Å². The number of hydrogen-bond donors (Lipinski definition) is 2. The van der Waals surface area contributed by atoms with E-state index < -0.39 is 20.6 Å². The maximum Gasteiger partial charge on any atom is 0.152 e. The first-order valence-electron chi connectivity index (χ1n) is 5.24. The van der Waals surface area contributed by atoms with E-state index in [-0.39, 0.29) is 18.3 Å². The van der Waals surface area contributed by atoms with Gasteiger partial charge in [0.2, 0.25) is 0 Å². The lowest BCUT2D eigenvalue weighted by Gasteiger charge is -2.07. The van der Waals surface area contributed by atoms with Crippen LogP contribution in [-0.2, 0) is 9.84 Å². The molecule has 4 nitrogen and oxygen atoms in total. The van der Waals surface area contributed by atoms with Crippen LogP contribution >= 0.6 is 0 Å². The maximum absolute atomic E-state index is 12.8. The Morgan fingerprint density at radius 3 is 2.24 bits per heavy atom. The van der Waals surface area contributed by atoms with Gasteiger partial charge in [0.15, 0.2) is 9.84 Å². The summed E-state index contributed by atoms with van der Waals surface area (Å²) in [5.41, 5.74) is 11.3. The van der Waals surface area contributed by atoms with Gasteiger partial charge in [0.05, 0.1) is 10.8 Å². The molecule has 1 aromatic carbocycles. The van der Waals surface area contributed by atoms with Crippen LogP contribution in [-0.4, -0.2) is 32.0 Å². The molecule has 0 spiro atoms. The van der Waals surface area contributed by atoms with Gasteiger partial charge in [-0.3, -0.25) is 0 Å². The first kappa shape index (κ1) is 12.5. The summed E-state index contributed by atoms with van der Waals surface area (Å²) >= 11 is 0. The van der Waals surface area contributed by atoms with Crippen LogP contribution in [0.15, 0.2) is 24.3 Å². The fraction of sp³-hybridized carbons (Fsp3) is 0.455. The summed E-state index contributed by atoms with van der Waals surface area (Å²) in [4.78, 5) is 0. The average molecular weight is 258 g/mol. The van der Waals surface area contributed by atoms with E-state index in [1.807, 2.05) is 0 Å². The van der Waals surface area contributed by atoms with Gasteiger partial charge in [-0.15, -0.1) is 0 Å². The van der Waals surface area contributed by atoms with Crippen LogP contribution in [0.1, 0.15) is 11.5 Å². The Labute approximate surface area is 99.7 Å². The Balaban J connectivity index is 2.37. The summed E-state index contributed by atoms with van der Waals surface area (Å²) in [7, 11) is -3.26. The lowest BCUT2D eigenvalue weighted by atomic mass is 10.1. The first-order valence-corrected chi connectivity index (χ1v) is 7.19. The van der Waals surface area contributed by atoms with E-state index in [0.717, 1.165) is 11.8 Å². The highest BCUT2D eigenvalue weighted by Crippen LogP contribution is 2.53. The minimum Gasteiger partial charge on any atom is -0.329 e. The molecule has 0 unspecified atom stereocenters. The minimum absolute atomic E-state index is 0.0901. The Morgan fingerprint density at radius 1 is 1.35 bits per heavy atom. The van der Waals surface area contributed by atoms with Crippen LogP contribution in [0.4, 0.5) is 4.39 Å². The van der Waals surface area contributed by atoms with Crippen molar-refractivity contribution in [3.8, 4) is 0 Å². The second kappa shape index (κ2) is 3.76. The van der Waals surface area contributed by atoms with Crippen molar-refractivity contribution in [2.75, 3.05) is 12.8 Å².